The van der Waals surface area contributed by atoms with Crippen molar-refractivity contribution in [1.82, 2.24) is 14.3 Å². The molecule has 0 bridgehead atoms. The Bertz CT molecular complexity index is 1280. The molecule has 2 aliphatic rings. The maximum absolute atomic E-state index is 13.4. The van der Waals surface area contributed by atoms with Crippen LogP contribution in [0.15, 0.2) is 50.7 Å². The predicted octanol–water partition coefficient (Wildman–Crippen LogP) is 3.72. The van der Waals surface area contributed by atoms with Gasteiger partial charge in [-0.15, -0.1) is 0 Å². The van der Waals surface area contributed by atoms with Crippen molar-refractivity contribution in [2.75, 3.05) is 6.61 Å². The van der Waals surface area contributed by atoms with Gasteiger partial charge in [-0.2, -0.15) is 9.78 Å². The van der Waals surface area contributed by atoms with Gasteiger partial charge in [0.1, 0.15) is 24.5 Å². The molecule has 0 radical (unpaired) electrons. The standard InChI is InChI=1S/C30H45N3O8/c1-7-22(28(36)37)16-30(6)40-25-23(18-34)39-27(26(25)41-30)33-29(38)32(24(35)17-31-33)15-14-21(5)13-9-12-20(4)11-8-10-19(2)3/h10,12,14,17,22-23,25-27,34H,7-9,11,13,15-16,18H2,1-6H3,(H,36,37)/b20-12+,21-14+/t22?,23-,25-,26-,27-,30?/m1/s1. The molecular weight excluding hydrogens is 530 g/mol. The van der Waals surface area contributed by atoms with Crippen LogP contribution >= 0.6 is 0 Å². The van der Waals surface area contributed by atoms with Crippen molar-refractivity contribution < 1.29 is 29.2 Å². The SMILES string of the molecule is CCC(CC1(C)O[C@@H]2[C@H](O1)[C@@H](CO)O[C@H]2n1ncc(=O)n(C/C=C(\C)CC/C=C(\C)CCC=C(C)C)c1=O)C(=O)O. The maximum Gasteiger partial charge on any atom is 0.350 e. The van der Waals surface area contributed by atoms with Crippen LogP contribution in [0.25, 0.3) is 0 Å². The molecule has 0 amide bonds. The first-order valence-corrected chi connectivity index (χ1v) is 14.4. The molecule has 0 spiro atoms. The Labute approximate surface area is 241 Å². The lowest BCUT2D eigenvalue weighted by atomic mass is 9.97. The summed E-state index contributed by atoms with van der Waals surface area (Å²) >= 11 is 0. The minimum Gasteiger partial charge on any atom is -0.481 e. The minimum absolute atomic E-state index is 0.0748. The molecule has 11 nitrogen and oxygen atoms in total. The van der Waals surface area contributed by atoms with E-state index >= 15 is 0 Å². The van der Waals surface area contributed by atoms with Gasteiger partial charge in [-0.3, -0.25) is 14.2 Å². The Balaban J connectivity index is 1.73. The molecular formula is C30H45N3O8. The van der Waals surface area contributed by atoms with Crippen LogP contribution in [-0.2, 0) is 25.5 Å². The molecule has 2 saturated heterocycles. The van der Waals surface area contributed by atoms with E-state index in [0.717, 1.165) is 46.7 Å². The number of carboxylic acids is 1. The number of ether oxygens (including phenoxy) is 3. The number of carboxylic acid groups (broad SMARTS) is 1. The van der Waals surface area contributed by atoms with Crippen molar-refractivity contribution in [3.05, 3.63) is 62.0 Å². The number of hydrogen-bond donors (Lipinski definition) is 2. The zero-order valence-corrected chi connectivity index (χ0v) is 25.0. The summed E-state index contributed by atoms with van der Waals surface area (Å²) in [6, 6.07) is 0. The number of carbonyl (C=O) groups is 1. The van der Waals surface area contributed by atoms with Crippen LogP contribution in [0.2, 0.25) is 0 Å². The summed E-state index contributed by atoms with van der Waals surface area (Å²) < 4.78 is 20.2. The minimum atomic E-state index is -1.25. The predicted molar refractivity (Wildman–Crippen MR) is 153 cm³/mol. The smallest absolute Gasteiger partial charge is 0.350 e. The molecule has 41 heavy (non-hydrogen) atoms. The largest absolute Gasteiger partial charge is 0.481 e. The maximum atomic E-state index is 13.4. The van der Waals surface area contributed by atoms with Crippen molar-refractivity contribution >= 4 is 5.97 Å². The van der Waals surface area contributed by atoms with E-state index in [4.69, 9.17) is 14.2 Å². The van der Waals surface area contributed by atoms with Gasteiger partial charge in [-0.25, -0.2) is 4.79 Å². The van der Waals surface area contributed by atoms with Crippen LogP contribution in [0.4, 0.5) is 0 Å². The third-order valence-electron chi connectivity index (χ3n) is 7.67. The highest BCUT2D eigenvalue weighted by atomic mass is 16.8. The summed E-state index contributed by atoms with van der Waals surface area (Å²) in [6.07, 6.45) is 8.13. The van der Waals surface area contributed by atoms with E-state index in [0.29, 0.717) is 6.42 Å². The Morgan fingerprint density at radius 3 is 2.32 bits per heavy atom. The Kier molecular flexibility index (Phi) is 11.4. The number of aliphatic hydroxyl groups is 1. The van der Waals surface area contributed by atoms with Crippen molar-refractivity contribution in [2.24, 2.45) is 5.92 Å². The first-order chi connectivity index (χ1) is 19.4. The molecule has 3 rings (SSSR count). The Morgan fingerprint density at radius 1 is 1.07 bits per heavy atom. The van der Waals surface area contributed by atoms with Gasteiger partial charge < -0.3 is 24.4 Å². The van der Waals surface area contributed by atoms with Crippen LogP contribution in [0.5, 0.6) is 0 Å². The highest BCUT2D eigenvalue weighted by Gasteiger charge is 2.58. The van der Waals surface area contributed by atoms with E-state index in [1.165, 1.54) is 11.1 Å². The molecule has 2 N–H and O–H groups in total. The average Bonchev–Trinajstić information content (AvgIpc) is 3.41. The topological polar surface area (TPSA) is 142 Å². The summed E-state index contributed by atoms with van der Waals surface area (Å²) in [4.78, 5) is 37.6. The lowest BCUT2D eigenvalue weighted by Gasteiger charge is -2.29. The second kappa shape index (κ2) is 14.4. The molecule has 11 heteroatoms. The first-order valence-electron chi connectivity index (χ1n) is 14.4. The highest BCUT2D eigenvalue weighted by molar-refractivity contribution is 5.69. The molecule has 2 fully saturated rings. The number of aromatic nitrogens is 3. The summed E-state index contributed by atoms with van der Waals surface area (Å²) in [5.74, 6) is -2.89. The van der Waals surface area contributed by atoms with Crippen molar-refractivity contribution in [3.8, 4) is 0 Å². The lowest BCUT2D eigenvalue weighted by molar-refractivity contribution is -0.221. The molecule has 0 aliphatic carbocycles. The van der Waals surface area contributed by atoms with Crippen LogP contribution in [0.3, 0.4) is 0 Å². The quantitative estimate of drug-likeness (QED) is 0.317. The fourth-order valence-electron chi connectivity index (χ4n) is 5.25. The normalized spacial score (nSPS) is 27.1. The number of allylic oxidation sites excluding steroid dienone is 6. The zero-order chi connectivity index (χ0) is 30.3. The number of aliphatic hydroxyl groups excluding tert-OH is 1. The third-order valence-corrected chi connectivity index (χ3v) is 7.67. The van der Waals surface area contributed by atoms with Gasteiger partial charge in [0.15, 0.2) is 12.0 Å². The molecule has 1 aromatic rings. The van der Waals surface area contributed by atoms with Gasteiger partial charge in [0.2, 0.25) is 0 Å². The monoisotopic (exact) mass is 575 g/mol. The van der Waals surface area contributed by atoms with Crippen molar-refractivity contribution in [2.45, 2.75) is 117 Å². The molecule has 0 saturated carbocycles. The van der Waals surface area contributed by atoms with E-state index in [9.17, 15) is 24.6 Å². The lowest BCUT2D eigenvalue weighted by Crippen LogP contribution is -2.45. The van der Waals surface area contributed by atoms with Gasteiger partial charge in [-0.1, -0.05) is 41.9 Å². The fourth-order valence-corrected chi connectivity index (χ4v) is 5.25. The van der Waals surface area contributed by atoms with E-state index in [1.54, 1.807) is 13.8 Å². The number of rotatable bonds is 14. The third kappa shape index (κ3) is 8.34. The van der Waals surface area contributed by atoms with Gasteiger partial charge in [0, 0.05) is 13.0 Å². The second-order valence-corrected chi connectivity index (χ2v) is 11.5. The summed E-state index contributed by atoms with van der Waals surface area (Å²) in [7, 11) is 0. The average molecular weight is 576 g/mol. The van der Waals surface area contributed by atoms with E-state index in [-0.39, 0.29) is 13.0 Å². The Hall–Kier alpha value is -2.86. The first kappa shape index (κ1) is 32.7. The summed E-state index contributed by atoms with van der Waals surface area (Å²) in [6.45, 7) is 11.4. The molecule has 1 aromatic heterocycles. The number of nitrogens with zero attached hydrogens (tertiary/aromatic N) is 3. The summed E-state index contributed by atoms with van der Waals surface area (Å²) in [5, 5.41) is 23.5. The van der Waals surface area contributed by atoms with Gasteiger partial charge in [-0.05, 0) is 66.7 Å². The number of fused-ring (bicyclic) bond motifs is 1. The molecule has 2 aliphatic heterocycles. The highest BCUT2D eigenvalue weighted by Crippen LogP contribution is 2.44. The van der Waals surface area contributed by atoms with E-state index in [2.05, 4.69) is 38.0 Å². The van der Waals surface area contributed by atoms with Gasteiger partial charge >= 0.3 is 11.7 Å². The number of aliphatic carboxylic acids is 1. The van der Waals surface area contributed by atoms with Crippen LogP contribution in [-0.4, -0.2) is 61.2 Å². The second-order valence-electron chi connectivity index (χ2n) is 11.5. The van der Waals surface area contributed by atoms with E-state index < -0.39 is 60.1 Å². The van der Waals surface area contributed by atoms with Gasteiger partial charge in [0.25, 0.3) is 5.56 Å². The molecule has 228 valence electrons. The molecule has 3 heterocycles. The fraction of sp³-hybridized carbons (Fsp3) is 0.667. The Morgan fingerprint density at radius 2 is 1.71 bits per heavy atom. The molecule has 0 aromatic carbocycles. The van der Waals surface area contributed by atoms with Crippen LogP contribution in [0.1, 0.15) is 86.3 Å². The zero-order valence-electron chi connectivity index (χ0n) is 25.0. The van der Waals surface area contributed by atoms with Crippen molar-refractivity contribution in [3.63, 3.8) is 0 Å². The number of hydrogen-bond acceptors (Lipinski definition) is 8. The van der Waals surface area contributed by atoms with Gasteiger partial charge in [0.05, 0.1) is 12.5 Å². The van der Waals surface area contributed by atoms with Crippen LogP contribution < -0.4 is 11.2 Å². The molecule has 2 unspecified atom stereocenters. The van der Waals surface area contributed by atoms with Crippen molar-refractivity contribution in [1.29, 1.82) is 0 Å². The van der Waals surface area contributed by atoms with E-state index in [1.807, 2.05) is 13.0 Å². The van der Waals surface area contributed by atoms with Crippen LogP contribution in [0, 0.1) is 5.92 Å². The summed E-state index contributed by atoms with van der Waals surface area (Å²) in [5.41, 5.74) is 2.49. The molecule has 6 atom stereocenters.